The molecule has 0 saturated carbocycles. The van der Waals surface area contributed by atoms with Crippen LogP contribution in [-0.4, -0.2) is 45.8 Å². The van der Waals surface area contributed by atoms with Crippen molar-refractivity contribution in [1.29, 1.82) is 0 Å². The van der Waals surface area contributed by atoms with E-state index < -0.39 is 0 Å². The first-order chi connectivity index (χ1) is 11.2. The van der Waals surface area contributed by atoms with Crippen LogP contribution in [0.2, 0.25) is 0 Å². The number of rotatable bonds is 4. The molecular weight excluding hydrogens is 288 g/mol. The Labute approximate surface area is 137 Å². The average Bonchev–Trinajstić information content (AvgIpc) is 3.15. The molecule has 0 spiro atoms. The van der Waals surface area contributed by atoms with Gasteiger partial charge in [-0.25, -0.2) is 4.98 Å². The van der Waals surface area contributed by atoms with Gasteiger partial charge in [0.05, 0.1) is 25.3 Å². The quantitative estimate of drug-likeness (QED) is 0.873. The standard InChI is InChI=1S/C17H26N6/c1-12-5-6-14-15(10-12)21-17-19-11-20-23(17)16(14)18-8-7-13-4-3-9-22(13)2/h11-13,18H,3-10H2,1-2H3/p+1/t12-,13-/m1/s1. The lowest BCUT2D eigenvalue weighted by Gasteiger charge is -2.24. The summed E-state index contributed by atoms with van der Waals surface area (Å²) in [5.41, 5.74) is 2.57. The summed E-state index contributed by atoms with van der Waals surface area (Å²) in [5.74, 6) is 2.57. The van der Waals surface area contributed by atoms with E-state index in [2.05, 4.69) is 29.4 Å². The SMILES string of the molecule is C[C@@H]1CCc2c(nc3ncnn3c2NCC[C@H]2CCC[NH+]2C)C1. The van der Waals surface area contributed by atoms with E-state index in [-0.39, 0.29) is 0 Å². The third-order valence-corrected chi connectivity index (χ3v) is 5.65. The normalized spacial score (nSPS) is 27.3. The number of nitrogens with zero attached hydrogens (tertiary/aromatic N) is 4. The van der Waals surface area contributed by atoms with Gasteiger partial charge in [0.2, 0.25) is 0 Å². The Hall–Kier alpha value is -1.69. The summed E-state index contributed by atoms with van der Waals surface area (Å²) in [5, 5.41) is 8.06. The zero-order chi connectivity index (χ0) is 15.8. The lowest BCUT2D eigenvalue weighted by molar-refractivity contribution is -0.892. The number of aromatic nitrogens is 4. The first kappa shape index (κ1) is 14.9. The van der Waals surface area contributed by atoms with E-state index >= 15 is 0 Å². The Morgan fingerprint density at radius 2 is 2.30 bits per heavy atom. The summed E-state index contributed by atoms with van der Waals surface area (Å²) in [7, 11) is 2.32. The van der Waals surface area contributed by atoms with Crippen LogP contribution in [0.5, 0.6) is 0 Å². The van der Waals surface area contributed by atoms with E-state index in [0.717, 1.165) is 37.0 Å². The van der Waals surface area contributed by atoms with Gasteiger partial charge >= 0.3 is 0 Å². The Bertz CT molecular complexity index is 694. The highest BCUT2D eigenvalue weighted by molar-refractivity contribution is 5.53. The zero-order valence-electron chi connectivity index (χ0n) is 14.2. The third kappa shape index (κ3) is 2.80. The molecule has 1 fully saturated rings. The zero-order valence-corrected chi connectivity index (χ0v) is 14.2. The Morgan fingerprint density at radius 1 is 1.39 bits per heavy atom. The van der Waals surface area contributed by atoms with Crippen molar-refractivity contribution >= 4 is 11.6 Å². The second-order valence-corrected chi connectivity index (χ2v) is 7.36. The molecule has 4 rings (SSSR count). The van der Waals surface area contributed by atoms with Crippen molar-refractivity contribution < 1.29 is 4.90 Å². The molecule has 0 amide bonds. The number of fused-ring (bicyclic) bond motifs is 2. The monoisotopic (exact) mass is 315 g/mol. The van der Waals surface area contributed by atoms with Gasteiger partial charge in [0.25, 0.3) is 5.78 Å². The molecule has 2 aromatic heterocycles. The van der Waals surface area contributed by atoms with E-state index in [9.17, 15) is 0 Å². The second-order valence-electron chi connectivity index (χ2n) is 7.36. The lowest BCUT2D eigenvalue weighted by Crippen LogP contribution is -3.10. The van der Waals surface area contributed by atoms with Crippen molar-refractivity contribution in [1.82, 2.24) is 19.6 Å². The van der Waals surface area contributed by atoms with Crippen LogP contribution >= 0.6 is 0 Å². The Morgan fingerprint density at radius 3 is 3.13 bits per heavy atom. The summed E-state index contributed by atoms with van der Waals surface area (Å²) in [4.78, 5) is 10.7. The maximum absolute atomic E-state index is 4.73. The summed E-state index contributed by atoms with van der Waals surface area (Å²) in [6.07, 6.45) is 8.94. The molecule has 0 bridgehead atoms. The Balaban J connectivity index is 1.56. The van der Waals surface area contributed by atoms with Crippen LogP contribution in [0.15, 0.2) is 6.33 Å². The van der Waals surface area contributed by atoms with Gasteiger partial charge < -0.3 is 10.2 Å². The molecule has 3 heterocycles. The smallest absolute Gasteiger partial charge is 0.254 e. The molecule has 1 saturated heterocycles. The van der Waals surface area contributed by atoms with Gasteiger partial charge in [-0.05, 0) is 25.2 Å². The van der Waals surface area contributed by atoms with Gasteiger partial charge in [-0.3, -0.25) is 0 Å². The van der Waals surface area contributed by atoms with Crippen LogP contribution in [0.1, 0.15) is 43.9 Å². The topological polar surface area (TPSA) is 59.5 Å². The number of quaternary nitrogens is 1. The number of hydrogen-bond donors (Lipinski definition) is 2. The van der Waals surface area contributed by atoms with Gasteiger partial charge in [0, 0.05) is 31.4 Å². The summed E-state index contributed by atoms with van der Waals surface area (Å²) in [6, 6.07) is 0.798. The molecule has 2 aromatic rings. The fraction of sp³-hybridized carbons (Fsp3) is 0.706. The molecule has 6 heteroatoms. The maximum Gasteiger partial charge on any atom is 0.254 e. The van der Waals surface area contributed by atoms with Crippen molar-refractivity contribution in [3.8, 4) is 0 Å². The van der Waals surface area contributed by atoms with Crippen LogP contribution in [0, 0.1) is 5.92 Å². The molecule has 6 nitrogen and oxygen atoms in total. The van der Waals surface area contributed by atoms with E-state index in [0.29, 0.717) is 5.92 Å². The largest absolute Gasteiger partial charge is 0.369 e. The summed E-state index contributed by atoms with van der Waals surface area (Å²) >= 11 is 0. The number of hydrogen-bond acceptors (Lipinski definition) is 4. The molecule has 23 heavy (non-hydrogen) atoms. The summed E-state index contributed by atoms with van der Waals surface area (Å²) in [6.45, 7) is 4.63. The van der Waals surface area contributed by atoms with Gasteiger partial charge in [-0.2, -0.15) is 14.6 Å². The average molecular weight is 315 g/mol. The van der Waals surface area contributed by atoms with Crippen LogP contribution in [-0.2, 0) is 12.8 Å². The number of nitrogens with one attached hydrogen (secondary N) is 2. The van der Waals surface area contributed by atoms with E-state index in [1.54, 1.807) is 11.2 Å². The van der Waals surface area contributed by atoms with Crippen LogP contribution in [0.4, 0.5) is 5.82 Å². The highest BCUT2D eigenvalue weighted by Gasteiger charge is 2.26. The van der Waals surface area contributed by atoms with Crippen molar-refractivity contribution in [2.24, 2.45) is 5.92 Å². The molecule has 124 valence electrons. The van der Waals surface area contributed by atoms with Gasteiger partial charge in [0.1, 0.15) is 12.1 Å². The lowest BCUT2D eigenvalue weighted by atomic mass is 9.88. The van der Waals surface area contributed by atoms with Crippen molar-refractivity contribution in [2.45, 2.75) is 51.5 Å². The van der Waals surface area contributed by atoms with Crippen molar-refractivity contribution in [3.05, 3.63) is 17.6 Å². The first-order valence-electron chi connectivity index (χ1n) is 9.00. The molecule has 2 N–H and O–H groups in total. The molecule has 3 atom stereocenters. The minimum Gasteiger partial charge on any atom is -0.369 e. The van der Waals surface area contributed by atoms with E-state index in [1.165, 1.54) is 43.5 Å². The molecule has 1 aliphatic heterocycles. The van der Waals surface area contributed by atoms with Crippen LogP contribution < -0.4 is 10.2 Å². The molecule has 1 unspecified atom stereocenters. The molecule has 0 aromatic carbocycles. The van der Waals surface area contributed by atoms with E-state index in [1.807, 2.05) is 4.52 Å². The molecule has 2 aliphatic rings. The fourth-order valence-corrected chi connectivity index (χ4v) is 4.19. The second kappa shape index (κ2) is 6.07. The number of anilines is 1. The van der Waals surface area contributed by atoms with Gasteiger partial charge in [0.15, 0.2) is 0 Å². The highest BCUT2D eigenvalue weighted by atomic mass is 15.4. The van der Waals surface area contributed by atoms with Crippen molar-refractivity contribution in [3.63, 3.8) is 0 Å². The fourth-order valence-electron chi connectivity index (χ4n) is 4.19. The predicted octanol–water partition coefficient (Wildman–Crippen LogP) is 0.728. The maximum atomic E-state index is 4.73. The molecule has 0 radical (unpaired) electrons. The van der Waals surface area contributed by atoms with E-state index in [4.69, 9.17) is 4.98 Å². The minimum atomic E-state index is 0.712. The molecular formula is C17H27N6+. The van der Waals surface area contributed by atoms with Gasteiger partial charge in [-0.1, -0.05) is 6.92 Å². The molecule has 1 aliphatic carbocycles. The van der Waals surface area contributed by atoms with Crippen molar-refractivity contribution in [2.75, 3.05) is 25.5 Å². The van der Waals surface area contributed by atoms with Crippen LogP contribution in [0.25, 0.3) is 5.78 Å². The summed E-state index contributed by atoms with van der Waals surface area (Å²) < 4.78 is 1.89. The van der Waals surface area contributed by atoms with Gasteiger partial charge in [-0.15, -0.1) is 0 Å². The Kier molecular flexibility index (Phi) is 3.93. The highest BCUT2D eigenvalue weighted by Crippen LogP contribution is 2.29. The minimum absolute atomic E-state index is 0.712. The first-order valence-corrected chi connectivity index (χ1v) is 9.00. The third-order valence-electron chi connectivity index (χ3n) is 5.65. The number of likely N-dealkylation sites (tertiary alicyclic amines) is 1. The predicted molar refractivity (Wildman–Crippen MR) is 89.9 cm³/mol. The van der Waals surface area contributed by atoms with Crippen LogP contribution in [0.3, 0.4) is 0 Å².